The van der Waals surface area contributed by atoms with E-state index in [0.29, 0.717) is 19.3 Å². The first kappa shape index (κ1) is 64.3. The van der Waals surface area contributed by atoms with Gasteiger partial charge in [-0.15, -0.1) is 0 Å². The Kier molecular flexibility index (Phi) is 52.9. The number of esters is 3. The summed E-state index contributed by atoms with van der Waals surface area (Å²) in [6, 6.07) is 0. The normalized spacial score (nSPS) is 12.8. The van der Waals surface area contributed by atoms with Gasteiger partial charge in [0, 0.05) is 19.3 Å². The highest BCUT2D eigenvalue weighted by Gasteiger charge is 2.19. The van der Waals surface area contributed by atoms with Crippen molar-refractivity contribution in [2.45, 2.75) is 264 Å². The van der Waals surface area contributed by atoms with Crippen LogP contribution in [-0.2, 0) is 28.6 Å². The molecule has 6 nitrogen and oxygen atoms in total. The highest BCUT2D eigenvalue weighted by atomic mass is 16.6. The maximum absolute atomic E-state index is 12.8. The Morgan fingerprint density at radius 1 is 0.309 bits per heavy atom. The number of hydrogen-bond acceptors (Lipinski definition) is 6. The topological polar surface area (TPSA) is 78.9 Å². The van der Waals surface area contributed by atoms with Gasteiger partial charge < -0.3 is 14.2 Å². The van der Waals surface area contributed by atoms with Crippen molar-refractivity contribution >= 4 is 17.9 Å². The third-order valence-corrected chi connectivity index (χ3v) is 11.8. The van der Waals surface area contributed by atoms with Gasteiger partial charge in [0.15, 0.2) is 6.10 Å². The number of carbonyl (C=O) groups is 3. The lowest BCUT2D eigenvalue weighted by Crippen LogP contribution is -2.30. The lowest BCUT2D eigenvalue weighted by atomic mass is 10.0. The molecule has 0 saturated heterocycles. The van der Waals surface area contributed by atoms with Crippen LogP contribution in [-0.4, -0.2) is 37.2 Å². The van der Waals surface area contributed by atoms with Gasteiger partial charge in [0.1, 0.15) is 13.2 Å². The van der Waals surface area contributed by atoms with Crippen molar-refractivity contribution in [2.75, 3.05) is 13.2 Å². The van der Waals surface area contributed by atoms with Gasteiger partial charge in [0.2, 0.25) is 0 Å². The number of unbranched alkanes of at least 4 members (excludes halogenated alkanes) is 23. The van der Waals surface area contributed by atoms with E-state index in [1.807, 2.05) is 0 Å². The SMILES string of the molecule is CC/C=C\C/C=C\C/C=C\C/C=C\CCCCCCC(=O)OC(COC(=O)CCCC/C=C\C/C=C\C/C=C\C/C=C\CC)COC(=O)CCCCCCCCCCCCCCCCCCCC. The van der Waals surface area contributed by atoms with Crippen LogP contribution in [0.25, 0.3) is 0 Å². The van der Waals surface area contributed by atoms with Crippen molar-refractivity contribution in [3.05, 3.63) is 97.2 Å². The van der Waals surface area contributed by atoms with Gasteiger partial charge in [0.05, 0.1) is 0 Å². The molecule has 0 aromatic carbocycles. The Morgan fingerprint density at radius 3 is 0.926 bits per heavy atom. The third-order valence-electron chi connectivity index (χ3n) is 11.8. The van der Waals surface area contributed by atoms with E-state index in [1.165, 1.54) is 96.3 Å². The monoisotopic (exact) mass is 945 g/mol. The molecule has 0 N–H and O–H groups in total. The molecule has 0 aliphatic heterocycles. The average Bonchev–Trinajstić information content (AvgIpc) is 3.34. The second-order valence-corrected chi connectivity index (χ2v) is 18.4. The molecule has 1 unspecified atom stereocenters. The van der Waals surface area contributed by atoms with E-state index in [9.17, 15) is 14.4 Å². The number of hydrogen-bond donors (Lipinski definition) is 0. The van der Waals surface area contributed by atoms with Crippen LogP contribution in [0, 0.1) is 0 Å². The number of carbonyl (C=O) groups excluding carboxylic acids is 3. The second-order valence-electron chi connectivity index (χ2n) is 18.4. The summed E-state index contributed by atoms with van der Waals surface area (Å²) in [7, 11) is 0. The quantitative estimate of drug-likeness (QED) is 0.0262. The molecule has 0 bridgehead atoms. The summed E-state index contributed by atoms with van der Waals surface area (Å²) in [6.07, 6.45) is 74.0. The minimum absolute atomic E-state index is 0.0996. The molecular weight excluding hydrogens is 841 g/mol. The van der Waals surface area contributed by atoms with E-state index in [1.54, 1.807) is 0 Å². The molecule has 0 saturated carbocycles. The van der Waals surface area contributed by atoms with Gasteiger partial charge in [-0.3, -0.25) is 14.4 Å². The predicted octanol–water partition coefficient (Wildman–Crippen LogP) is 18.9. The predicted molar refractivity (Wildman–Crippen MR) is 293 cm³/mol. The first-order valence-electron chi connectivity index (χ1n) is 28.2. The summed E-state index contributed by atoms with van der Waals surface area (Å²) in [5, 5.41) is 0. The van der Waals surface area contributed by atoms with Crippen molar-refractivity contribution in [3.8, 4) is 0 Å². The highest BCUT2D eigenvalue weighted by molar-refractivity contribution is 5.71. The molecule has 0 heterocycles. The van der Waals surface area contributed by atoms with E-state index in [0.717, 1.165) is 122 Å². The van der Waals surface area contributed by atoms with Gasteiger partial charge in [-0.1, -0.05) is 240 Å². The molecule has 0 fully saturated rings. The molecule has 0 radical (unpaired) electrons. The summed E-state index contributed by atoms with van der Waals surface area (Å²) in [4.78, 5) is 38.1. The van der Waals surface area contributed by atoms with Crippen LogP contribution in [0.15, 0.2) is 97.2 Å². The van der Waals surface area contributed by atoms with Crippen LogP contribution in [0.3, 0.4) is 0 Å². The molecule has 0 aliphatic rings. The van der Waals surface area contributed by atoms with E-state index < -0.39 is 6.10 Å². The van der Waals surface area contributed by atoms with Crippen LogP contribution in [0.2, 0.25) is 0 Å². The first-order valence-corrected chi connectivity index (χ1v) is 28.2. The fourth-order valence-electron chi connectivity index (χ4n) is 7.66. The summed E-state index contributed by atoms with van der Waals surface area (Å²) < 4.78 is 16.8. The molecular formula is C62H104O6. The molecule has 0 rings (SSSR count). The highest BCUT2D eigenvalue weighted by Crippen LogP contribution is 2.16. The minimum Gasteiger partial charge on any atom is -0.462 e. The number of allylic oxidation sites excluding steroid dienone is 16. The van der Waals surface area contributed by atoms with Crippen molar-refractivity contribution in [3.63, 3.8) is 0 Å². The fraction of sp³-hybridized carbons (Fsp3) is 0.694. The molecule has 0 aromatic rings. The first-order chi connectivity index (χ1) is 33.5. The maximum Gasteiger partial charge on any atom is 0.306 e. The molecule has 6 heteroatoms. The number of rotatable bonds is 50. The Morgan fingerprint density at radius 2 is 0.574 bits per heavy atom. The molecule has 388 valence electrons. The van der Waals surface area contributed by atoms with Gasteiger partial charge in [-0.2, -0.15) is 0 Å². The van der Waals surface area contributed by atoms with Gasteiger partial charge in [-0.25, -0.2) is 0 Å². The van der Waals surface area contributed by atoms with Crippen LogP contribution in [0.4, 0.5) is 0 Å². The summed E-state index contributed by atoms with van der Waals surface area (Å²) in [6.45, 7) is 6.37. The largest absolute Gasteiger partial charge is 0.462 e. The molecule has 0 spiro atoms. The van der Waals surface area contributed by atoms with Crippen LogP contribution >= 0.6 is 0 Å². The summed E-state index contributed by atoms with van der Waals surface area (Å²) >= 11 is 0. The van der Waals surface area contributed by atoms with Gasteiger partial charge in [-0.05, 0) is 96.3 Å². The maximum atomic E-state index is 12.8. The molecule has 1 atom stereocenters. The van der Waals surface area contributed by atoms with Crippen molar-refractivity contribution < 1.29 is 28.6 Å². The smallest absolute Gasteiger partial charge is 0.306 e. The standard InChI is InChI=1S/C62H104O6/c1-4-7-10-13-16-19-22-25-28-30-32-34-37-40-43-46-49-52-55-61(64)67-58-59(57-66-60(63)54-51-48-45-42-39-36-33-27-24-21-18-15-12-9-6-3)68-62(65)56-53-50-47-44-41-38-35-31-29-26-23-20-17-14-11-8-5-2/h8-9,11-12,17-18,20-21,26-27,29,33,35,38-39,42,59H,4-7,10,13-16,19,22-25,28,30-32,34,36-37,40-41,43-58H2,1-3H3/b11-8-,12-9-,20-17-,21-18-,29-26-,33-27-,38-35-,42-39-. The van der Waals surface area contributed by atoms with E-state index in [-0.39, 0.29) is 31.1 Å². The summed E-state index contributed by atoms with van der Waals surface area (Å²) in [5.41, 5.74) is 0. The zero-order valence-corrected chi connectivity index (χ0v) is 44.3. The van der Waals surface area contributed by atoms with E-state index in [2.05, 4.69) is 118 Å². The Balaban J connectivity index is 4.47. The Labute approximate surface area is 419 Å². The zero-order chi connectivity index (χ0) is 49.3. The molecule has 0 aliphatic carbocycles. The molecule has 0 amide bonds. The van der Waals surface area contributed by atoms with E-state index in [4.69, 9.17) is 14.2 Å². The number of ether oxygens (including phenoxy) is 3. The molecule has 68 heavy (non-hydrogen) atoms. The second kappa shape index (κ2) is 55.9. The van der Waals surface area contributed by atoms with E-state index >= 15 is 0 Å². The lowest BCUT2D eigenvalue weighted by molar-refractivity contribution is -0.167. The fourth-order valence-corrected chi connectivity index (χ4v) is 7.66. The average molecular weight is 946 g/mol. The molecule has 0 aromatic heterocycles. The van der Waals surface area contributed by atoms with Gasteiger partial charge >= 0.3 is 17.9 Å². The van der Waals surface area contributed by atoms with Crippen molar-refractivity contribution in [2.24, 2.45) is 0 Å². The minimum atomic E-state index is -0.807. The zero-order valence-electron chi connectivity index (χ0n) is 44.3. The van der Waals surface area contributed by atoms with Crippen LogP contribution in [0.5, 0.6) is 0 Å². The van der Waals surface area contributed by atoms with Crippen molar-refractivity contribution in [1.82, 2.24) is 0 Å². The van der Waals surface area contributed by atoms with Gasteiger partial charge in [0.25, 0.3) is 0 Å². The third kappa shape index (κ3) is 53.3. The van der Waals surface area contributed by atoms with Crippen LogP contribution < -0.4 is 0 Å². The summed E-state index contributed by atoms with van der Waals surface area (Å²) in [5.74, 6) is -0.963. The van der Waals surface area contributed by atoms with Crippen molar-refractivity contribution in [1.29, 1.82) is 0 Å². The Bertz CT molecular complexity index is 1360. The van der Waals surface area contributed by atoms with Crippen LogP contribution in [0.1, 0.15) is 258 Å². The lowest BCUT2D eigenvalue weighted by Gasteiger charge is -2.18. The Hall–Kier alpha value is -3.67.